The first-order valence-corrected chi connectivity index (χ1v) is 12.9. The van der Waals surface area contributed by atoms with E-state index in [9.17, 15) is 0 Å². The van der Waals surface area contributed by atoms with Gasteiger partial charge in [0.15, 0.2) is 0 Å². The molecule has 1 unspecified atom stereocenters. The van der Waals surface area contributed by atoms with Gasteiger partial charge in [0, 0.05) is 17.8 Å². The maximum Gasteiger partial charge on any atom is 0.0730 e. The molecule has 0 amide bonds. The number of allylic oxidation sites excluding steroid dienone is 8. The number of aliphatic imine (C=N–C) groups is 1. The summed E-state index contributed by atoms with van der Waals surface area (Å²) in [4.78, 5) is 5.30. The summed E-state index contributed by atoms with van der Waals surface area (Å²) >= 11 is 0. The van der Waals surface area contributed by atoms with Crippen LogP contribution in [0.1, 0.15) is 102 Å². The van der Waals surface area contributed by atoms with E-state index in [1.54, 1.807) is 0 Å². The highest BCUT2D eigenvalue weighted by Crippen LogP contribution is 2.25. The van der Waals surface area contributed by atoms with E-state index in [-0.39, 0.29) is 6.04 Å². The summed E-state index contributed by atoms with van der Waals surface area (Å²) in [5.41, 5.74) is 9.86. The molecule has 0 aliphatic rings. The van der Waals surface area contributed by atoms with Crippen LogP contribution in [0.25, 0.3) is 0 Å². The van der Waals surface area contributed by atoms with Crippen LogP contribution in [0.4, 0.5) is 0 Å². The van der Waals surface area contributed by atoms with Gasteiger partial charge in [-0.25, -0.2) is 0 Å². The van der Waals surface area contributed by atoms with Gasteiger partial charge in [-0.15, -0.1) is 0 Å². The van der Waals surface area contributed by atoms with Gasteiger partial charge in [0.05, 0.1) is 11.8 Å². The van der Waals surface area contributed by atoms with Crippen molar-refractivity contribution in [1.82, 2.24) is 5.32 Å². The predicted octanol–water partition coefficient (Wildman–Crippen LogP) is 9.30. The number of hydrogen-bond donors (Lipinski definition) is 1. The van der Waals surface area contributed by atoms with Gasteiger partial charge < -0.3 is 5.32 Å². The fraction of sp³-hybridized carbons (Fsp3) is 0.581. The van der Waals surface area contributed by atoms with Crippen molar-refractivity contribution < 1.29 is 0 Å². The minimum absolute atomic E-state index is 0.0478. The van der Waals surface area contributed by atoms with Crippen molar-refractivity contribution in [3.8, 4) is 0 Å². The molecule has 2 heteroatoms. The van der Waals surface area contributed by atoms with Gasteiger partial charge >= 0.3 is 0 Å². The lowest BCUT2D eigenvalue weighted by molar-refractivity contribution is 0.767. The summed E-state index contributed by atoms with van der Waals surface area (Å²) in [6, 6.07) is 0.0478. The quantitative estimate of drug-likeness (QED) is 0.206. The number of nitrogens with one attached hydrogen (secondary N) is 1. The van der Waals surface area contributed by atoms with E-state index in [2.05, 4.69) is 112 Å². The lowest BCUT2D eigenvalue weighted by Gasteiger charge is -2.20. The summed E-state index contributed by atoms with van der Waals surface area (Å²) in [7, 11) is 0. The van der Waals surface area contributed by atoms with Crippen molar-refractivity contribution in [3.05, 3.63) is 70.0 Å². The zero-order valence-corrected chi connectivity index (χ0v) is 23.7. The highest BCUT2D eigenvalue weighted by molar-refractivity contribution is 6.11. The number of rotatable bonds is 14. The van der Waals surface area contributed by atoms with Crippen LogP contribution in [0.2, 0.25) is 0 Å². The predicted molar refractivity (Wildman–Crippen MR) is 152 cm³/mol. The maximum absolute atomic E-state index is 5.30. The van der Waals surface area contributed by atoms with Crippen LogP contribution in [0.3, 0.4) is 0 Å². The molecule has 0 aliphatic carbocycles. The second kappa shape index (κ2) is 16.5. The Hall–Kier alpha value is -2.09. The molecule has 186 valence electrons. The average molecular weight is 453 g/mol. The molecule has 0 aromatic heterocycles. The summed E-state index contributed by atoms with van der Waals surface area (Å²) in [6.07, 6.45) is 13.3. The monoisotopic (exact) mass is 452 g/mol. The van der Waals surface area contributed by atoms with Gasteiger partial charge in [-0.1, -0.05) is 81.6 Å². The molecule has 0 spiro atoms. The molecule has 0 rings (SSSR count). The van der Waals surface area contributed by atoms with Crippen molar-refractivity contribution in [2.24, 2.45) is 10.9 Å². The van der Waals surface area contributed by atoms with E-state index < -0.39 is 0 Å². The third kappa shape index (κ3) is 11.1. The molecular weight excluding hydrogens is 400 g/mol. The molecule has 0 saturated carbocycles. The van der Waals surface area contributed by atoms with Crippen LogP contribution in [-0.2, 0) is 0 Å². The fourth-order valence-electron chi connectivity index (χ4n) is 4.03. The third-order valence-electron chi connectivity index (χ3n) is 5.87. The summed E-state index contributed by atoms with van der Waals surface area (Å²) < 4.78 is 0. The van der Waals surface area contributed by atoms with E-state index in [4.69, 9.17) is 4.99 Å². The fourth-order valence-corrected chi connectivity index (χ4v) is 4.03. The second-order valence-corrected chi connectivity index (χ2v) is 9.56. The van der Waals surface area contributed by atoms with Gasteiger partial charge in [-0.2, -0.15) is 0 Å². The van der Waals surface area contributed by atoms with Crippen molar-refractivity contribution in [2.75, 3.05) is 6.54 Å². The summed E-state index contributed by atoms with van der Waals surface area (Å²) in [6.45, 7) is 29.3. The standard InChI is InChI=1S/C31H52N2/c1-13-17-24(9)20-30(32-16-4)28(21-26(11)22(5)6)29(19-15-3)33-27(12)31(23(7)8)25(10)18-14-2/h15,19-22,27,32H,7,13-14,16-18H2,1-6,8-12H3/b19-15-,24-20-,26-21+,30-28-,31-25+,33-29?. The molecule has 0 bridgehead atoms. The molecule has 0 radical (unpaired) electrons. The Balaban J connectivity index is 7.14. The topological polar surface area (TPSA) is 24.4 Å². The Morgan fingerprint density at radius 1 is 0.939 bits per heavy atom. The Morgan fingerprint density at radius 3 is 2.00 bits per heavy atom. The number of likely N-dealkylation sites (N-methyl/N-ethyl adjacent to an activating group) is 1. The molecule has 1 N–H and O–H groups in total. The molecule has 1 atom stereocenters. The van der Waals surface area contributed by atoms with E-state index in [0.29, 0.717) is 5.92 Å². The lowest BCUT2D eigenvalue weighted by Crippen LogP contribution is -2.18. The minimum Gasteiger partial charge on any atom is -0.385 e. The molecule has 0 aliphatic heterocycles. The lowest BCUT2D eigenvalue weighted by atomic mass is 9.93. The van der Waals surface area contributed by atoms with E-state index in [1.165, 1.54) is 22.3 Å². The van der Waals surface area contributed by atoms with Crippen LogP contribution in [-0.4, -0.2) is 18.3 Å². The zero-order valence-electron chi connectivity index (χ0n) is 23.7. The van der Waals surface area contributed by atoms with Crippen LogP contribution < -0.4 is 5.32 Å². The number of nitrogens with zero attached hydrogens (tertiary/aromatic N) is 1. The molecule has 2 nitrogen and oxygen atoms in total. The average Bonchev–Trinajstić information content (AvgIpc) is 2.71. The van der Waals surface area contributed by atoms with Gasteiger partial charge in [0.1, 0.15) is 0 Å². The molecule has 0 saturated heterocycles. The van der Waals surface area contributed by atoms with Crippen LogP contribution in [0.15, 0.2) is 75.0 Å². The van der Waals surface area contributed by atoms with Crippen molar-refractivity contribution in [3.63, 3.8) is 0 Å². The first kappa shape index (κ1) is 30.9. The zero-order chi connectivity index (χ0) is 25.6. The Bertz CT molecular complexity index is 810. The Morgan fingerprint density at radius 2 is 1.55 bits per heavy atom. The highest BCUT2D eigenvalue weighted by atomic mass is 14.9. The first-order chi connectivity index (χ1) is 15.5. The molecular formula is C31H52N2. The molecule has 0 fully saturated rings. The summed E-state index contributed by atoms with van der Waals surface area (Å²) in [5, 5.41) is 3.64. The van der Waals surface area contributed by atoms with Crippen LogP contribution in [0, 0.1) is 5.92 Å². The van der Waals surface area contributed by atoms with Crippen LogP contribution in [0.5, 0.6) is 0 Å². The van der Waals surface area contributed by atoms with E-state index in [0.717, 1.165) is 54.8 Å². The van der Waals surface area contributed by atoms with Crippen molar-refractivity contribution in [1.29, 1.82) is 0 Å². The van der Waals surface area contributed by atoms with E-state index >= 15 is 0 Å². The smallest absolute Gasteiger partial charge is 0.0730 e. The van der Waals surface area contributed by atoms with Gasteiger partial charge in [0.2, 0.25) is 0 Å². The summed E-state index contributed by atoms with van der Waals surface area (Å²) in [5.74, 6) is 0.477. The second-order valence-electron chi connectivity index (χ2n) is 9.56. The van der Waals surface area contributed by atoms with Crippen molar-refractivity contribution in [2.45, 2.75) is 108 Å². The van der Waals surface area contributed by atoms with Gasteiger partial charge in [-0.05, 0) is 85.0 Å². The third-order valence-corrected chi connectivity index (χ3v) is 5.87. The van der Waals surface area contributed by atoms with Crippen molar-refractivity contribution >= 4 is 5.71 Å². The van der Waals surface area contributed by atoms with Crippen LogP contribution >= 0.6 is 0 Å². The highest BCUT2D eigenvalue weighted by Gasteiger charge is 2.16. The Labute approximate surface area is 206 Å². The molecule has 33 heavy (non-hydrogen) atoms. The molecule has 0 aromatic rings. The van der Waals surface area contributed by atoms with Gasteiger partial charge in [-0.3, -0.25) is 4.99 Å². The first-order valence-electron chi connectivity index (χ1n) is 12.9. The largest absolute Gasteiger partial charge is 0.385 e. The minimum atomic E-state index is 0.0478. The van der Waals surface area contributed by atoms with E-state index in [1.807, 2.05) is 0 Å². The molecule has 0 aromatic carbocycles. The number of hydrogen-bond acceptors (Lipinski definition) is 2. The molecule has 0 heterocycles. The maximum atomic E-state index is 5.30. The SMILES string of the molecule is C=C(C)/C(=C(/C)CCC)C(C)N=C(/C=C\C)C(/C=C(\C)C(C)C)=C(/C=C(/C)CCC)NCC. The normalized spacial score (nSPS) is 16.2. The van der Waals surface area contributed by atoms with Gasteiger partial charge in [0.25, 0.3) is 0 Å². The Kier molecular flexibility index (Phi) is 15.5.